The van der Waals surface area contributed by atoms with Gasteiger partial charge in [-0.1, -0.05) is 84.9 Å². The highest BCUT2D eigenvalue weighted by Crippen LogP contribution is 2.52. The molecule has 31 heavy (non-hydrogen) atoms. The fourth-order valence-corrected chi connectivity index (χ4v) is 5.70. The van der Waals surface area contributed by atoms with Gasteiger partial charge in [-0.25, -0.2) is 0 Å². The largest absolute Gasteiger partial charge is 0.360 e. The molecule has 1 heteroatoms. The maximum atomic E-state index is 5.52. The van der Waals surface area contributed by atoms with Crippen LogP contribution in [-0.2, 0) is 17.6 Å². The second-order valence-corrected chi connectivity index (χ2v) is 9.05. The average molecular weight is 401 g/mol. The van der Waals surface area contributed by atoms with Crippen LogP contribution in [0.1, 0.15) is 35.1 Å². The predicted octanol–water partition coefficient (Wildman–Crippen LogP) is 7.12. The van der Waals surface area contributed by atoms with Crippen molar-refractivity contribution in [2.24, 2.45) is 0 Å². The van der Waals surface area contributed by atoms with Crippen LogP contribution < -0.4 is 0 Å². The van der Waals surface area contributed by atoms with Crippen molar-refractivity contribution in [3.63, 3.8) is 0 Å². The molecule has 4 aliphatic rings. The molecule has 1 heterocycles. The van der Waals surface area contributed by atoms with Gasteiger partial charge in [-0.15, -0.1) is 0 Å². The van der Waals surface area contributed by atoms with Gasteiger partial charge in [0, 0.05) is 0 Å². The first kappa shape index (κ1) is 17.5. The molecule has 2 unspecified atom stereocenters. The minimum atomic E-state index is 0.382. The van der Waals surface area contributed by atoms with Crippen LogP contribution in [0.2, 0.25) is 0 Å². The Kier molecular flexibility index (Phi) is 3.77. The Labute approximate surface area is 182 Å². The number of fused-ring (bicyclic) bond motifs is 10. The van der Waals surface area contributed by atoms with Gasteiger partial charge in [0.25, 0.3) is 0 Å². The molecule has 1 aliphatic heterocycles. The van der Waals surface area contributed by atoms with Gasteiger partial charge in [0.2, 0.25) is 0 Å². The fourth-order valence-electron chi connectivity index (χ4n) is 5.70. The van der Waals surface area contributed by atoms with Gasteiger partial charge in [-0.2, -0.15) is 0 Å². The van der Waals surface area contributed by atoms with Gasteiger partial charge in [0.15, 0.2) is 0 Å². The SMILES string of the molecule is C1=CC2OC2C2=C1c1ccccc12.c1ccc2c(c1)ccc1c3c(ccc12)CCCC3. The van der Waals surface area contributed by atoms with E-state index in [-0.39, 0.29) is 0 Å². The van der Waals surface area contributed by atoms with Crippen molar-refractivity contribution in [2.45, 2.75) is 37.9 Å². The zero-order valence-electron chi connectivity index (χ0n) is 17.5. The topological polar surface area (TPSA) is 12.5 Å². The Morgan fingerprint density at radius 1 is 0.677 bits per heavy atom. The molecule has 1 saturated heterocycles. The van der Waals surface area contributed by atoms with E-state index in [0.29, 0.717) is 12.2 Å². The lowest BCUT2D eigenvalue weighted by molar-refractivity contribution is 0.418. The molecule has 0 spiro atoms. The molecule has 2 atom stereocenters. The van der Waals surface area contributed by atoms with Crippen molar-refractivity contribution in [3.8, 4) is 0 Å². The van der Waals surface area contributed by atoms with E-state index in [1.165, 1.54) is 69.5 Å². The highest BCUT2D eigenvalue weighted by molar-refractivity contribution is 6.11. The standard InChI is InChI=1S/C18H16.C12H8O/c1-3-7-15-13(5-1)9-11-18-16-8-4-2-6-14(16)10-12-17(15)18;1-2-4-8-7(3-1)9-5-6-10-12(13-10)11(8)9/h1,3,5,7,9-12H,2,4,6,8H2;1-6,10,12H. The molecule has 0 saturated carbocycles. The van der Waals surface area contributed by atoms with E-state index in [2.05, 4.69) is 84.9 Å². The van der Waals surface area contributed by atoms with Crippen molar-refractivity contribution >= 4 is 32.7 Å². The molecular weight excluding hydrogens is 376 g/mol. The lowest BCUT2D eigenvalue weighted by atomic mass is 9.76. The molecule has 1 nitrogen and oxygen atoms in total. The Balaban J connectivity index is 0.000000116. The summed E-state index contributed by atoms with van der Waals surface area (Å²) in [7, 11) is 0. The monoisotopic (exact) mass is 400 g/mol. The highest BCUT2D eigenvalue weighted by Gasteiger charge is 2.47. The zero-order chi connectivity index (χ0) is 20.4. The Morgan fingerprint density at radius 2 is 1.48 bits per heavy atom. The van der Waals surface area contributed by atoms with E-state index in [0.717, 1.165) is 0 Å². The van der Waals surface area contributed by atoms with Gasteiger partial charge in [-0.3, -0.25) is 0 Å². The van der Waals surface area contributed by atoms with E-state index in [9.17, 15) is 0 Å². The van der Waals surface area contributed by atoms with E-state index < -0.39 is 0 Å². The molecule has 0 amide bonds. The lowest BCUT2D eigenvalue weighted by Crippen LogP contribution is -2.13. The highest BCUT2D eigenvalue weighted by atomic mass is 16.6. The van der Waals surface area contributed by atoms with E-state index >= 15 is 0 Å². The molecule has 1 fully saturated rings. The van der Waals surface area contributed by atoms with Crippen LogP contribution >= 0.6 is 0 Å². The summed E-state index contributed by atoms with van der Waals surface area (Å²) >= 11 is 0. The van der Waals surface area contributed by atoms with Crippen molar-refractivity contribution in [2.75, 3.05) is 0 Å². The second-order valence-electron chi connectivity index (χ2n) is 9.05. The summed E-state index contributed by atoms with van der Waals surface area (Å²) < 4.78 is 5.52. The maximum Gasteiger partial charge on any atom is 0.114 e. The van der Waals surface area contributed by atoms with E-state index in [4.69, 9.17) is 4.74 Å². The molecule has 0 radical (unpaired) electrons. The molecule has 3 aliphatic carbocycles. The number of hydrogen-bond acceptors (Lipinski definition) is 1. The van der Waals surface area contributed by atoms with Gasteiger partial charge >= 0.3 is 0 Å². The number of rotatable bonds is 0. The van der Waals surface area contributed by atoms with Crippen LogP contribution in [0.15, 0.2) is 84.9 Å². The summed E-state index contributed by atoms with van der Waals surface area (Å²) in [4.78, 5) is 0. The van der Waals surface area contributed by atoms with Crippen LogP contribution in [0, 0.1) is 0 Å². The molecular formula is C30H24O. The first-order chi connectivity index (χ1) is 15.4. The van der Waals surface area contributed by atoms with Gasteiger partial charge < -0.3 is 4.74 Å². The molecule has 0 bridgehead atoms. The number of epoxide rings is 1. The smallest absolute Gasteiger partial charge is 0.114 e. The van der Waals surface area contributed by atoms with Crippen molar-refractivity contribution < 1.29 is 4.74 Å². The summed E-state index contributed by atoms with van der Waals surface area (Å²) in [5.41, 5.74) is 8.79. The number of aryl methyl sites for hydroxylation is 2. The third-order valence-electron chi connectivity index (χ3n) is 7.32. The summed E-state index contributed by atoms with van der Waals surface area (Å²) in [5.74, 6) is 0. The Bertz CT molecular complexity index is 1420. The lowest BCUT2D eigenvalue weighted by Gasteiger charge is -2.26. The second kappa shape index (κ2) is 6.67. The summed E-state index contributed by atoms with van der Waals surface area (Å²) in [6.07, 6.45) is 10.3. The molecule has 4 aromatic carbocycles. The van der Waals surface area contributed by atoms with Crippen LogP contribution in [0.4, 0.5) is 0 Å². The summed E-state index contributed by atoms with van der Waals surface area (Å²) in [5, 5.41) is 5.64. The molecule has 0 aromatic heterocycles. The zero-order valence-corrected chi connectivity index (χ0v) is 17.5. The normalized spacial score (nSPS) is 21.9. The molecule has 4 aromatic rings. The van der Waals surface area contributed by atoms with Gasteiger partial charge in [-0.05, 0) is 80.6 Å². The molecule has 8 rings (SSSR count). The van der Waals surface area contributed by atoms with Gasteiger partial charge in [0.05, 0.1) is 0 Å². The number of hydrogen-bond donors (Lipinski definition) is 0. The van der Waals surface area contributed by atoms with E-state index in [1.807, 2.05) is 0 Å². The minimum absolute atomic E-state index is 0.382. The Hall–Kier alpha value is -3.16. The van der Waals surface area contributed by atoms with Crippen LogP contribution in [0.5, 0.6) is 0 Å². The molecule has 0 N–H and O–H groups in total. The van der Waals surface area contributed by atoms with Crippen molar-refractivity contribution in [1.82, 2.24) is 0 Å². The summed E-state index contributed by atoms with van der Waals surface area (Å²) in [6.45, 7) is 0. The summed E-state index contributed by atoms with van der Waals surface area (Å²) in [6, 6.07) is 26.5. The Morgan fingerprint density at radius 3 is 2.45 bits per heavy atom. The fraction of sp³-hybridized carbons (Fsp3) is 0.200. The average Bonchev–Trinajstić information content (AvgIpc) is 3.60. The van der Waals surface area contributed by atoms with Crippen molar-refractivity contribution in [1.29, 1.82) is 0 Å². The van der Waals surface area contributed by atoms with Crippen molar-refractivity contribution in [3.05, 3.63) is 107 Å². The third-order valence-corrected chi connectivity index (χ3v) is 7.32. The van der Waals surface area contributed by atoms with E-state index in [1.54, 1.807) is 11.1 Å². The first-order valence-electron chi connectivity index (χ1n) is 11.5. The minimum Gasteiger partial charge on any atom is -0.360 e. The van der Waals surface area contributed by atoms with Crippen LogP contribution in [0.25, 0.3) is 32.7 Å². The number of benzene rings is 4. The van der Waals surface area contributed by atoms with Gasteiger partial charge in [0.1, 0.15) is 12.2 Å². The molecule has 150 valence electrons. The maximum absolute atomic E-state index is 5.52. The third kappa shape index (κ3) is 2.66. The quantitative estimate of drug-likeness (QED) is 0.226. The number of allylic oxidation sites excluding steroid dienone is 2. The van der Waals surface area contributed by atoms with Crippen LogP contribution in [0.3, 0.4) is 0 Å². The number of ether oxygens (including phenoxy) is 1. The first-order valence-corrected chi connectivity index (χ1v) is 11.5. The van der Waals surface area contributed by atoms with Crippen LogP contribution in [-0.4, -0.2) is 12.2 Å². The predicted molar refractivity (Wildman–Crippen MR) is 129 cm³/mol.